The zero-order chi connectivity index (χ0) is 17.5. The minimum absolute atomic E-state index is 0.0549. The van der Waals surface area contributed by atoms with Crippen molar-refractivity contribution >= 4 is 16.0 Å². The van der Waals surface area contributed by atoms with Crippen LogP contribution in [0.3, 0.4) is 0 Å². The van der Waals surface area contributed by atoms with Gasteiger partial charge in [0.15, 0.2) is 10.6 Å². The Morgan fingerprint density at radius 3 is 2.48 bits per heavy atom. The van der Waals surface area contributed by atoms with Gasteiger partial charge in [0.25, 0.3) is 10.0 Å². The van der Waals surface area contributed by atoms with Crippen molar-refractivity contribution < 1.29 is 36.6 Å². The van der Waals surface area contributed by atoms with Crippen LogP contribution in [-0.2, 0) is 21.0 Å². The fraction of sp³-hybridized carbons (Fsp3) is 0.500. The number of halogens is 3. The van der Waals surface area contributed by atoms with Gasteiger partial charge in [0.05, 0.1) is 12.1 Å². The number of aromatic nitrogens is 1. The molecule has 0 radical (unpaired) electrons. The smallest absolute Gasteiger partial charge is 0.417 e. The number of carboxylic acids is 1. The Morgan fingerprint density at radius 2 is 2.00 bits per heavy atom. The van der Waals surface area contributed by atoms with Crippen LogP contribution < -0.4 is 0 Å². The van der Waals surface area contributed by atoms with Gasteiger partial charge in [0.1, 0.15) is 0 Å². The average Bonchev–Trinajstić information content (AvgIpc) is 2.46. The van der Waals surface area contributed by atoms with Gasteiger partial charge >= 0.3 is 12.1 Å². The lowest BCUT2D eigenvalue weighted by Gasteiger charge is -2.35. The molecule has 128 valence electrons. The van der Waals surface area contributed by atoms with Gasteiger partial charge in [-0.25, -0.2) is 18.2 Å². The third kappa shape index (κ3) is 3.46. The summed E-state index contributed by atoms with van der Waals surface area (Å²) in [5.41, 5.74) is -3.32. The molecule has 0 spiro atoms. The fourth-order valence-electron chi connectivity index (χ4n) is 2.21. The van der Waals surface area contributed by atoms with Crippen molar-refractivity contribution in [2.45, 2.75) is 29.6 Å². The van der Waals surface area contributed by atoms with E-state index in [4.69, 9.17) is 5.11 Å². The highest BCUT2D eigenvalue weighted by Gasteiger charge is 2.44. The number of carbonyl (C=O) groups is 1. The van der Waals surface area contributed by atoms with Crippen LogP contribution in [-0.4, -0.2) is 52.6 Å². The number of aliphatic hydroxyl groups is 1. The van der Waals surface area contributed by atoms with E-state index in [9.17, 15) is 31.5 Å². The lowest BCUT2D eigenvalue weighted by atomic mass is 9.95. The molecule has 2 heterocycles. The Labute approximate surface area is 129 Å². The van der Waals surface area contributed by atoms with Crippen LogP contribution in [0.4, 0.5) is 13.2 Å². The number of nitrogens with zero attached hydrogens (tertiary/aromatic N) is 2. The maximum atomic E-state index is 12.5. The first-order chi connectivity index (χ1) is 10.5. The van der Waals surface area contributed by atoms with E-state index in [2.05, 4.69) is 4.98 Å². The normalized spacial score (nSPS) is 23.7. The first-order valence-electron chi connectivity index (χ1n) is 6.46. The Morgan fingerprint density at radius 1 is 1.35 bits per heavy atom. The number of carboxylic acid groups (broad SMARTS) is 1. The molecule has 0 bridgehead atoms. The van der Waals surface area contributed by atoms with Crippen molar-refractivity contribution in [3.63, 3.8) is 0 Å². The molecule has 0 aromatic carbocycles. The summed E-state index contributed by atoms with van der Waals surface area (Å²) in [6.07, 6.45) is -4.28. The molecular formula is C12H13F3N2O5S. The highest BCUT2D eigenvalue weighted by Crippen LogP contribution is 2.30. The van der Waals surface area contributed by atoms with Gasteiger partial charge in [-0.2, -0.15) is 17.5 Å². The minimum atomic E-state index is -4.65. The molecule has 11 heteroatoms. The molecule has 1 aromatic heterocycles. The number of aliphatic carboxylic acids is 1. The standard InChI is InChI=1S/C12H13F3N2O5S/c13-12(14,15)8-2-3-9(16-6-8)23(21,22)17-5-1-4-11(20,7-17)10(18)19/h2-3,6,20H,1,4-5,7H2,(H,18,19). The first kappa shape index (κ1) is 17.6. The van der Waals surface area contributed by atoms with E-state index in [0.29, 0.717) is 22.6 Å². The summed E-state index contributed by atoms with van der Waals surface area (Å²) in [7, 11) is -4.30. The SMILES string of the molecule is O=C(O)C1(O)CCCN(S(=O)(=O)c2ccc(C(F)(F)F)cn2)C1. The summed E-state index contributed by atoms with van der Waals surface area (Å²) in [5.74, 6) is -1.56. The Kier molecular flexibility index (Phi) is 4.39. The van der Waals surface area contributed by atoms with Gasteiger partial charge in [0.2, 0.25) is 0 Å². The van der Waals surface area contributed by atoms with E-state index < -0.39 is 44.9 Å². The molecule has 1 atom stereocenters. The van der Waals surface area contributed by atoms with Gasteiger partial charge in [-0.15, -0.1) is 0 Å². The molecule has 0 saturated carbocycles. The Hall–Kier alpha value is -1.72. The fourth-order valence-corrected chi connectivity index (χ4v) is 3.65. The van der Waals surface area contributed by atoms with Crippen LogP contribution in [0, 0.1) is 0 Å². The maximum Gasteiger partial charge on any atom is 0.417 e. The summed E-state index contributed by atoms with van der Waals surface area (Å²) < 4.78 is 62.8. The molecule has 1 fully saturated rings. The van der Waals surface area contributed by atoms with Crippen LogP contribution in [0.1, 0.15) is 18.4 Å². The summed E-state index contributed by atoms with van der Waals surface area (Å²) in [4.78, 5) is 14.3. The summed E-state index contributed by atoms with van der Waals surface area (Å²) in [6.45, 7) is -0.742. The second-order valence-corrected chi connectivity index (χ2v) is 7.05. The zero-order valence-electron chi connectivity index (χ0n) is 11.6. The minimum Gasteiger partial charge on any atom is -0.479 e. The third-order valence-electron chi connectivity index (χ3n) is 3.50. The number of rotatable bonds is 3. The van der Waals surface area contributed by atoms with Crippen LogP contribution in [0.5, 0.6) is 0 Å². The monoisotopic (exact) mass is 354 g/mol. The number of piperidine rings is 1. The predicted molar refractivity (Wildman–Crippen MR) is 69.8 cm³/mol. The van der Waals surface area contributed by atoms with E-state index in [1.54, 1.807) is 0 Å². The van der Waals surface area contributed by atoms with Gasteiger partial charge < -0.3 is 10.2 Å². The van der Waals surface area contributed by atoms with Crippen molar-refractivity contribution in [2.24, 2.45) is 0 Å². The van der Waals surface area contributed by atoms with E-state index >= 15 is 0 Å². The number of alkyl halides is 3. The lowest BCUT2D eigenvalue weighted by molar-refractivity contribution is -0.162. The molecule has 1 unspecified atom stereocenters. The lowest BCUT2D eigenvalue weighted by Crippen LogP contribution is -2.54. The van der Waals surface area contributed by atoms with Crippen molar-refractivity contribution in [2.75, 3.05) is 13.1 Å². The largest absolute Gasteiger partial charge is 0.479 e. The molecule has 2 N–H and O–H groups in total. The van der Waals surface area contributed by atoms with Gasteiger partial charge in [-0.3, -0.25) is 0 Å². The average molecular weight is 354 g/mol. The number of hydrogen-bond donors (Lipinski definition) is 2. The number of pyridine rings is 1. The predicted octanol–water partition coefficient (Wildman–Crippen LogP) is 0.701. The van der Waals surface area contributed by atoms with Gasteiger partial charge in [0, 0.05) is 12.7 Å². The molecule has 1 saturated heterocycles. The first-order valence-corrected chi connectivity index (χ1v) is 7.90. The summed E-state index contributed by atoms with van der Waals surface area (Å²) >= 11 is 0. The zero-order valence-corrected chi connectivity index (χ0v) is 12.4. The van der Waals surface area contributed by atoms with Crippen LogP contribution in [0.15, 0.2) is 23.4 Å². The van der Waals surface area contributed by atoms with Crippen molar-refractivity contribution in [3.05, 3.63) is 23.9 Å². The highest BCUT2D eigenvalue weighted by atomic mass is 32.2. The molecule has 1 aromatic rings. The van der Waals surface area contributed by atoms with Crippen LogP contribution >= 0.6 is 0 Å². The van der Waals surface area contributed by atoms with E-state index in [1.165, 1.54) is 0 Å². The number of hydrogen-bond acceptors (Lipinski definition) is 5. The second kappa shape index (κ2) is 5.73. The second-order valence-electron chi connectivity index (χ2n) is 5.16. The van der Waals surface area contributed by atoms with Crippen LogP contribution in [0.25, 0.3) is 0 Å². The van der Waals surface area contributed by atoms with Crippen LogP contribution in [0.2, 0.25) is 0 Å². The van der Waals surface area contributed by atoms with Crippen molar-refractivity contribution in [3.8, 4) is 0 Å². The molecule has 1 aliphatic heterocycles. The molecule has 0 aliphatic carbocycles. The Bertz CT molecular complexity index is 704. The van der Waals surface area contributed by atoms with Crippen molar-refractivity contribution in [1.82, 2.24) is 9.29 Å². The maximum absolute atomic E-state index is 12.5. The third-order valence-corrected chi connectivity index (χ3v) is 5.26. The topological polar surface area (TPSA) is 108 Å². The summed E-state index contributed by atoms with van der Waals surface area (Å²) in [6, 6.07) is 1.28. The van der Waals surface area contributed by atoms with E-state index in [1.807, 2.05) is 0 Å². The molecule has 2 rings (SSSR count). The molecule has 0 amide bonds. The van der Waals surface area contributed by atoms with E-state index in [0.717, 1.165) is 0 Å². The Balaban J connectivity index is 2.29. The van der Waals surface area contributed by atoms with E-state index in [-0.39, 0.29) is 19.4 Å². The molecule has 7 nitrogen and oxygen atoms in total. The van der Waals surface area contributed by atoms with Gasteiger partial charge in [-0.1, -0.05) is 0 Å². The quantitative estimate of drug-likeness (QED) is 0.827. The van der Waals surface area contributed by atoms with Gasteiger partial charge in [-0.05, 0) is 25.0 Å². The molecule has 23 heavy (non-hydrogen) atoms. The molecule has 1 aliphatic rings. The number of sulfonamides is 1. The number of β-amino-alcohol motifs (C(OH)–C–C–N with tert-alkyl or cyclic N) is 1. The summed E-state index contributed by atoms with van der Waals surface area (Å²) in [5, 5.41) is 18.2. The highest BCUT2D eigenvalue weighted by molar-refractivity contribution is 7.89. The van der Waals surface area contributed by atoms with Crippen molar-refractivity contribution in [1.29, 1.82) is 0 Å². The molecular weight excluding hydrogens is 341 g/mol.